The Labute approximate surface area is 72.6 Å². The van der Waals surface area contributed by atoms with Gasteiger partial charge >= 0.3 is 0 Å². The first kappa shape index (κ1) is 11.4. The van der Waals surface area contributed by atoms with Crippen LogP contribution in [-0.2, 0) is 10.0 Å². The predicted octanol–water partition coefficient (Wildman–Crippen LogP) is -0.832. The number of nitrogens with one attached hydrogen (secondary N) is 1. The van der Waals surface area contributed by atoms with E-state index < -0.39 is 15.8 Å². The zero-order valence-corrected chi connectivity index (χ0v) is 7.60. The van der Waals surface area contributed by atoms with Crippen LogP contribution < -0.4 is 10.5 Å². The number of nitrogens with two attached hydrogens (primary N) is 1. The number of nitrogens with zero attached hydrogens (tertiary/aromatic N) is 1. The SMILES string of the molecule is N#CCS(=O)(=O)NCCCCN. The molecule has 12 heavy (non-hydrogen) atoms. The molecule has 3 N–H and O–H groups in total. The number of hydrogen-bond acceptors (Lipinski definition) is 4. The van der Waals surface area contributed by atoms with Crippen molar-refractivity contribution in [1.29, 1.82) is 5.26 Å². The molecule has 0 radical (unpaired) electrons. The number of sulfonamides is 1. The molecular formula is C6H13N3O2S. The molecule has 0 unspecified atom stereocenters. The normalized spacial score (nSPS) is 11.0. The summed E-state index contributed by atoms with van der Waals surface area (Å²) in [6.07, 6.45) is 1.50. The predicted molar refractivity (Wildman–Crippen MR) is 45.7 cm³/mol. The van der Waals surface area contributed by atoms with E-state index >= 15 is 0 Å². The van der Waals surface area contributed by atoms with Crippen LogP contribution in [0.2, 0.25) is 0 Å². The Hall–Kier alpha value is -0.640. The maximum Gasteiger partial charge on any atom is 0.225 e. The van der Waals surface area contributed by atoms with E-state index in [0.29, 0.717) is 19.5 Å². The Morgan fingerprint density at radius 3 is 2.58 bits per heavy atom. The van der Waals surface area contributed by atoms with E-state index in [1.54, 1.807) is 6.07 Å². The van der Waals surface area contributed by atoms with Crippen molar-refractivity contribution in [2.45, 2.75) is 12.8 Å². The molecule has 0 aliphatic rings. The van der Waals surface area contributed by atoms with Crippen molar-refractivity contribution < 1.29 is 8.42 Å². The van der Waals surface area contributed by atoms with Crippen LogP contribution in [-0.4, -0.2) is 27.3 Å². The maximum atomic E-state index is 10.8. The van der Waals surface area contributed by atoms with Gasteiger partial charge in [0.25, 0.3) is 0 Å². The molecule has 0 aromatic carbocycles. The van der Waals surface area contributed by atoms with Gasteiger partial charge < -0.3 is 5.73 Å². The monoisotopic (exact) mass is 191 g/mol. The van der Waals surface area contributed by atoms with Crippen molar-refractivity contribution in [1.82, 2.24) is 4.72 Å². The first-order valence-corrected chi connectivity index (χ1v) is 5.32. The molecule has 0 saturated heterocycles. The number of unbranched alkanes of at least 4 members (excludes halogenated alkanes) is 1. The molecule has 0 aliphatic heterocycles. The zero-order valence-electron chi connectivity index (χ0n) is 6.78. The molecule has 0 bridgehead atoms. The number of nitriles is 1. The summed E-state index contributed by atoms with van der Waals surface area (Å²) in [5.41, 5.74) is 5.21. The fraction of sp³-hybridized carbons (Fsp3) is 0.833. The van der Waals surface area contributed by atoms with Crippen LogP contribution in [0.3, 0.4) is 0 Å². The maximum absolute atomic E-state index is 10.8. The Kier molecular flexibility index (Phi) is 5.62. The van der Waals surface area contributed by atoms with Gasteiger partial charge in [-0.25, -0.2) is 13.1 Å². The van der Waals surface area contributed by atoms with Gasteiger partial charge in [-0.05, 0) is 19.4 Å². The van der Waals surface area contributed by atoms with E-state index in [0.717, 1.165) is 6.42 Å². The van der Waals surface area contributed by atoms with E-state index in [4.69, 9.17) is 11.0 Å². The average molecular weight is 191 g/mol. The van der Waals surface area contributed by atoms with E-state index in [1.807, 2.05) is 0 Å². The summed E-state index contributed by atoms with van der Waals surface area (Å²) in [6, 6.07) is 1.57. The third kappa shape index (κ3) is 6.09. The lowest BCUT2D eigenvalue weighted by Crippen LogP contribution is -2.27. The van der Waals surface area contributed by atoms with Crippen LogP contribution in [0.4, 0.5) is 0 Å². The molecule has 5 nitrogen and oxygen atoms in total. The largest absolute Gasteiger partial charge is 0.330 e. The van der Waals surface area contributed by atoms with Crippen molar-refractivity contribution in [3.8, 4) is 6.07 Å². The first-order valence-electron chi connectivity index (χ1n) is 3.67. The summed E-state index contributed by atoms with van der Waals surface area (Å²) in [5.74, 6) is -0.477. The minimum Gasteiger partial charge on any atom is -0.330 e. The zero-order chi connectivity index (χ0) is 9.45. The lowest BCUT2D eigenvalue weighted by atomic mass is 10.3. The molecule has 70 valence electrons. The van der Waals surface area contributed by atoms with E-state index in [1.165, 1.54) is 0 Å². The van der Waals surface area contributed by atoms with Gasteiger partial charge in [0.05, 0.1) is 6.07 Å². The third-order valence-electron chi connectivity index (χ3n) is 1.21. The van der Waals surface area contributed by atoms with Gasteiger partial charge in [-0.3, -0.25) is 0 Å². The Balaban J connectivity index is 3.57. The Bertz CT molecular complexity index is 242. The molecule has 0 fully saturated rings. The smallest absolute Gasteiger partial charge is 0.225 e. The summed E-state index contributed by atoms with van der Waals surface area (Å²) in [5, 5.41) is 8.12. The van der Waals surface area contributed by atoms with Gasteiger partial charge in [0, 0.05) is 6.54 Å². The highest BCUT2D eigenvalue weighted by molar-refractivity contribution is 7.89. The highest BCUT2D eigenvalue weighted by atomic mass is 32.2. The van der Waals surface area contributed by atoms with Crippen LogP contribution in [0.1, 0.15) is 12.8 Å². The fourth-order valence-electron chi connectivity index (χ4n) is 0.633. The van der Waals surface area contributed by atoms with Gasteiger partial charge in [-0.15, -0.1) is 0 Å². The summed E-state index contributed by atoms with van der Waals surface area (Å²) < 4.78 is 23.9. The number of rotatable bonds is 6. The van der Waals surface area contributed by atoms with E-state index in [2.05, 4.69) is 4.72 Å². The fourth-order valence-corrected chi connectivity index (χ4v) is 1.36. The lowest BCUT2D eigenvalue weighted by molar-refractivity contribution is 0.580. The van der Waals surface area contributed by atoms with Crippen LogP contribution in [0, 0.1) is 11.3 Å². The van der Waals surface area contributed by atoms with Crippen LogP contribution in [0.5, 0.6) is 0 Å². The van der Waals surface area contributed by atoms with Gasteiger partial charge in [0.2, 0.25) is 10.0 Å². The van der Waals surface area contributed by atoms with Crippen molar-refractivity contribution >= 4 is 10.0 Å². The molecule has 0 amide bonds. The molecule has 0 aromatic heterocycles. The summed E-state index contributed by atoms with van der Waals surface area (Å²) >= 11 is 0. The van der Waals surface area contributed by atoms with Crippen molar-refractivity contribution in [2.75, 3.05) is 18.8 Å². The summed E-state index contributed by atoms with van der Waals surface area (Å²) in [7, 11) is -3.36. The molecule has 0 spiro atoms. The van der Waals surface area contributed by atoms with E-state index in [9.17, 15) is 8.42 Å². The first-order chi connectivity index (χ1) is 5.62. The highest BCUT2D eigenvalue weighted by Gasteiger charge is 2.06. The third-order valence-corrected chi connectivity index (χ3v) is 2.36. The summed E-state index contributed by atoms with van der Waals surface area (Å²) in [6.45, 7) is 0.918. The van der Waals surface area contributed by atoms with Crippen LogP contribution >= 0.6 is 0 Å². The molecule has 0 aromatic rings. The van der Waals surface area contributed by atoms with Gasteiger partial charge in [-0.2, -0.15) is 5.26 Å². The van der Waals surface area contributed by atoms with Crippen LogP contribution in [0.15, 0.2) is 0 Å². The lowest BCUT2D eigenvalue weighted by Gasteiger charge is -2.01. The quantitative estimate of drug-likeness (QED) is 0.535. The van der Waals surface area contributed by atoms with Crippen molar-refractivity contribution in [2.24, 2.45) is 5.73 Å². The second-order valence-corrected chi connectivity index (χ2v) is 4.11. The molecule has 0 aliphatic carbocycles. The standard InChI is InChI=1S/C6H13N3O2S/c7-3-1-2-5-9-12(10,11)6-4-8/h9H,1-3,5-7H2. The molecule has 0 saturated carbocycles. The summed E-state index contributed by atoms with van der Waals surface area (Å²) in [4.78, 5) is 0. The second kappa shape index (κ2) is 5.94. The van der Waals surface area contributed by atoms with Crippen molar-refractivity contribution in [3.05, 3.63) is 0 Å². The topological polar surface area (TPSA) is 96.0 Å². The minimum atomic E-state index is -3.36. The average Bonchev–Trinajstić information content (AvgIpc) is 1.98. The Morgan fingerprint density at radius 1 is 1.42 bits per heavy atom. The Morgan fingerprint density at radius 2 is 2.08 bits per heavy atom. The van der Waals surface area contributed by atoms with Crippen LogP contribution in [0.25, 0.3) is 0 Å². The molecule has 6 heteroatoms. The van der Waals surface area contributed by atoms with Gasteiger partial charge in [-0.1, -0.05) is 0 Å². The van der Waals surface area contributed by atoms with Crippen molar-refractivity contribution in [3.63, 3.8) is 0 Å². The van der Waals surface area contributed by atoms with Gasteiger partial charge in [0.15, 0.2) is 5.75 Å². The molecular weight excluding hydrogens is 178 g/mol. The minimum absolute atomic E-state index is 0.362. The highest BCUT2D eigenvalue weighted by Crippen LogP contribution is 1.86. The van der Waals surface area contributed by atoms with E-state index in [-0.39, 0.29) is 0 Å². The molecule has 0 rings (SSSR count). The number of hydrogen-bond donors (Lipinski definition) is 2. The second-order valence-electron chi connectivity index (χ2n) is 2.31. The van der Waals surface area contributed by atoms with Gasteiger partial charge in [0.1, 0.15) is 0 Å². The molecule has 0 atom stereocenters. The molecule has 0 heterocycles.